The van der Waals surface area contributed by atoms with E-state index in [0.717, 1.165) is 19.4 Å². The van der Waals surface area contributed by atoms with E-state index in [9.17, 15) is 8.78 Å². The number of guanidine groups is 1. The fourth-order valence-electron chi connectivity index (χ4n) is 2.25. The van der Waals surface area contributed by atoms with Crippen LogP contribution in [0.5, 0.6) is 11.5 Å². The maximum Gasteiger partial charge on any atom is 0.387 e. The number of hydrogen-bond acceptors (Lipinski definition) is 3. The molecule has 0 atom stereocenters. The summed E-state index contributed by atoms with van der Waals surface area (Å²) in [6.07, 6.45) is 2.17. The summed E-state index contributed by atoms with van der Waals surface area (Å²) in [4.78, 5) is 4.15. The number of benzene rings is 1. The van der Waals surface area contributed by atoms with Crippen LogP contribution >= 0.6 is 0 Å². The Hall–Kier alpha value is -2.05. The van der Waals surface area contributed by atoms with Crippen LogP contribution in [0.15, 0.2) is 23.2 Å². The van der Waals surface area contributed by atoms with Gasteiger partial charge in [0.15, 0.2) is 5.96 Å². The van der Waals surface area contributed by atoms with Gasteiger partial charge in [-0.2, -0.15) is 8.78 Å². The fraction of sp³-hybridized carbons (Fsp3) is 0.588. The molecule has 7 heteroatoms. The third-order valence-electron chi connectivity index (χ3n) is 3.87. The lowest BCUT2D eigenvalue weighted by Gasteiger charge is -2.18. The number of halogens is 2. The second kappa shape index (κ2) is 10.7. The molecule has 0 aliphatic carbocycles. The summed E-state index contributed by atoms with van der Waals surface area (Å²) in [6.45, 7) is 2.53. The summed E-state index contributed by atoms with van der Waals surface area (Å²) >= 11 is 0. The Labute approximate surface area is 142 Å². The minimum absolute atomic E-state index is 0.119. The second-order valence-corrected chi connectivity index (χ2v) is 5.34. The van der Waals surface area contributed by atoms with Crippen molar-refractivity contribution >= 4 is 5.96 Å². The zero-order valence-electron chi connectivity index (χ0n) is 14.7. The third-order valence-corrected chi connectivity index (χ3v) is 3.87. The van der Waals surface area contributed by atoms with E-state index in [1.54, 1.807) is 19.2 Å². The molecule has 1 rings (SSSR count). The molecule has 5 nitrogen and oxygen atoms in total. The van der Waals surface area contributed by atoms with Crippen LogP contribution in [-0.4, -0.2) is 33.3 Å². The van der Waals surface area contributed by atoms with Gasteiger partial charge >= 0.3 is 6.61 Å². The lowest BCUT2D eigenvalue weighted by Crippen LogP contribution is -2.39. The summed E-state index contributed by atoms with van der Waals surface area (Å²) in [5, 5.41) is 6.36. The molecule has 0 aromatic heterocycles. The maximum atomic E-state index is 12.5. The summed E-state index contributed by atoms with van der Waals surface area (Å²) < 4.78 is 34.7. The number of ether oxygens (including phenoxy) is 2. The highest BCUT2D eigenvalue weighted by Gasteiger charge is 2.12. The molecule has 0 saturated carbocycles. The van der Waals surface area contributed by atoms with Gasteiger partial charge in [-0.3, -0.25) is 4.99 Å². The highest BCUT2D eigenvalue weighted by atomic mass is 19.3. The van der Waals surface area contributed by atoms with Crippen LogP contribution in [0.4, 0.5) is 8.78 Å². The summed E-state index contributed by atoms with van der Waals surface area (Å²) in [6, 6.07) is 4.72. The van der Waals surface area contributed by atoms with E-state index in [0.29, 0.717) is 29.7 Å². The largest absolute Gasteiger partial charge is 0.497 e. The van der Waals surface area contributed by atoms with E-state index >= 15 is 0 Å². The van der Waals surface area contributed by atoms with Gasteiger partial charge in [-0.15, -0.1) is 0 Å². The highest BCUT2D eigenvalue weighted by Crippen LogP contribution is 2.25. The zero-order chi connectivity index (χ0) is 17.9. The van der Waals surface area contributed by atoms with Gasteiger partial charge in [0.05, 0.1) is 7.11 Å². The molecule has 0 unspecified atom stereocenters. The molecular formula is C17H27F2N3O2. The van der Waals surface area contributed by atoms with Gasteiger partial charge in [0, 0.05) is 25.7 Å². The summed E-state index contributed by atoms with van der Waals surface area (Å²) in [5.74, 6) is 1.88. The molecule has 1 aromatic rings. The number of aliphatic imine (C=N–C) groups is 1. The predicted molar refractivity (Wildman–Crippen MR) is 91.9 cm³/mol. The molecule has 0 aliphatic rings. The van der Waals surface area contributed by atoms with E-state index < -0.39 is 6.61 Å². The van der Waals surface area contributed by atoms with Crippen LogP contribution in [-0.2, 0) is 6.54 Å². The number of methoxy groups -OCH3 is 1. The quantitative estimate of drug-likeness (QED) is 0.533. The zero-order valence-corrected chi connectivity index (χ0v) is 14.7. The van der Waals surface area contributed by atoms with E-state index in [4.69, 9.17) is 4.74 Å². The minimum atomic E-state index is -2.87. The molecule has 0 radical (unpaired) electrons. The number of nitrogens with one attached hydrogen (secondary N) is 2. The van der Waals surface area contributed by atoms with Crippen molar-refractivity contribution in [3.05, 3.63) is 23.8 Å². The van der Waals surface area contributed by atoms with Crippen LogP contribution in [0.2, 0.25) is 0 Å². The average Bonchev–Trinajstić information content (AvgIpc) is 2.58. The van der Waals surface area contributed by atoms with E-state index in [2.05, 4.69) is 34.2 Å². The van der Waals surface area contributed by atoms with Crippen molar-refractivity contribution in [2.75, 3.05) is 20.7 Å². The fourth-order valence-corrected chi connectivity index (χ4v) is 2.25. The molecule has 0 fully saturated rings. The van der Waals surface area contributed by atoms with E-state index in [1.165, 1.54) is 13.2 Å². The van der Waals surface area contributed by atoms with Crippen LogP contribution < -0.4 is 20.1 Å². The van der Waals surface area contributed by atoms with Crippen molar-refractivity contribution in [3.63, 3.8) is 0 Å². The Morgan fingerprint density at radius 2 is 1.92 bits per heavy atom. The van der Waals surface area contributed by atoms with Crippen molar-refractivity contribution in [1.29, 1.82) is 0 Å². The number of alkyl halides is 2. The first-order chi connectivity index (χ1) is 11.5. The normalized spacial score (nSPS) is 11.8. The molecule has 136 valence electrons. The Kier molecular flexibility index (Phi) is 8.89. The van der Waals surface area contributed by atoms with Crippen LogP contribution in [0.3, 0.4) is 0 Å². The molecule has 0 aliphatic heterocycles. The molecule has 0 bridgehead atoms. The monoisotopic (exact) mass is 343 g/mol. The van der Waals surface area contributed by atoms with Crippen molar-refractivity contribution in [3.8, 4) is 11.5 Å². The Morgan fingerprint density at radius 1 is 1.21 bits per heavy atom. The van der Waals surface area contributed by atoms with Crippen LogP contribution in [0.1, 0.15) is 32.3 Å². The topological polar surface area (TPSA) is 54.9 Å². The van der Waals surface area contributed by atoms with Crippen LogP contribution in [0, 0.1) is 5.92 Å². The number of nitrogens with zero attached hydrogens (tertiary/aromatic N) is 1. The van der Waals surface area contributed by atoms with Gasteiger partial charge in [0.25, 0.3) is 0 Å². The number of rotatable bonds is 9. The first-order valence-corrected chi connectivity index (χ1v) is 8.10. The van der Waals surface area contributed by atoms with Gasteiger partial charge in [0.2, 0.25) is 0 Å². The third kappa shape index (κ3) is 6.60. The maximum absolute atomic E-state index is 12.5. The lowest BCUT2D eigenvalue weighted by atomic mass is 10.0. The predicted octanol–water partition coefficient (Wildman–Crippen LogP) is 3.40. The molecule has 2 N–H and O–H groups in total. The molecular weight excluding hydrogens is 316 g/mol. The van der Waals surface area contributed by atoms with E-state index in [-0.39, 0.29) is 5.75 Å². The Morgan fingerprint density at radius 3 is 2.46 bits per heavy atom. The first-order valence-electron chi connectivity index (χ1n) is 8.10. The molecule has 24 heavy (non-hydrogen) atoms. The second-order valence-electron chi connectivity index (χ2n) is 5.34. The van der Waals surface area contributed by atoms with Gasteiger partial charge < -0.3 is 20.1 Å². The van der Waals surface area contributed by atoms with Crippen molar-refractivity contribution in [2.24, 2.45) is 10.9 Å². The SMILES string of the molecule is CCC(CC)CNC(=NC)NCc1cc(OC)ccc1OC(F)F. The Bertz CT molecular complexity index is 521. The van der Waals surface area contributed by atoms with E-state index in [1.807, 2.05) is 0 Å². The molecule has 0 saturated heterocycles. The standard InChI is InChI=1S/C17H27F2N3O2/c1-5-12(6-2)10-21-17(20-3)22-11-13-9-14(23-4)7-8-15(13)24-16(18)19/h7-9,12,16H,5-6,10-11H2,1-4H3,(H2,20,21,22). The van der Waals surface area contributed by atoms with Crippen molar-refractivity contribution in [1.82, 2.24) is 10.6 Å². The van der Waals surface area contributed by atoms with Gasteiger partial charge in [-0.05, 0) is 24.1 Å². The first kappa shape index (κ1) is 20.0. The van der Waals surface area contributed by atoms with Crippen molar-refractivity contribution in [2.45, 2.75) is 39.8 Å². The number of hydrogen-bond donors (Lipinski definition) is 2. The molecule has 0 spiro atoms. The lowest BCUT2D eigenvalue weighted by molar-refractivity contribution is -0.0504. The smallest absolute Gasteiger partial charge is 0.387 e. The summed E-state index contributed by atoms with van der Waals surface area (Å²) in [5.41, 5.74) is 0.570. The molecule has 1 aromatic carbocycles. The summed E-state index contributed by atoms with van der Waals surface area (Å²) in [7, 11) is 3.20. The van der Waals surface area contributed by atoms with Gasteiger partial charge in [-0.1, -0.05) is 26.7 Å². The molecule has 0 heterocycles. The van der Waals surface area contributed by atoms with Crippen LogP contribution in [0.25, 0.3) is 0 Å². The average molecular weight is 343 g/mol. The Balaban J connectivity index is 2.72. The van der Waals surface area contributed by atoms with Gasteiger partial charge in [-0.25, -0.2) is 0 Å². The van der Waals surface area contributed by atoms with Gasteiger partial charge in [0.1, 0.15) is 11.5 Å². The minimum Gasteiger partial charge on any atom is -0.497 e. The molecule has 0 amide bonds. The van der Waals surface area contributed by atoms with Crippen molar-refractivity contribution < 1.29 is 18.3 Å². The highest BCUT2D eigenvalue weighted by molar-refractivity contribution is 5.79.